The maximum Gasteiger partial charge on any atom is 0.161 e. The number of halogens is 1. The predicted molar refractivity (Wildman–Crippen MR) is 119 cm³/mol. The molecule has 0 spiro atoms. The highest BCUT2D eigenvalue weighted by Crippen LogP contribution is 2.49. The summed E-state index contributed by atoms with van der Waals surface area (Å²) < 4.78 is 0. The van der Waals surface area contributed by atoms with Gasteiger partial charge in [-0.15, -0.1) is 24.0 Å². The largest absolute Gasteiger partial charge is 0.508 e. The van der Waals surface area contributed by atoms with Crippen LogP contribution in [0.25, 0.3) is 0 Å². The molecule has 1 aliphatic heterocycles. The number of piperidine rings is 1. The van der Waals surface area contributed by atoms with Gasteiger partial charge in [0.2, 0.25) is 0 Å². The number of phenols is 4. The monoisotopic (exact) mass is 497 g/mol. The van der Waals surface area contributed by atoms with Crippen molar-refractivity contribution in [2.45, 2.75) is 44.6 Å². The SMILES string of the molecule is CC1C2Cc3ccc(O)cc3C1(C)CCN2CCc1cc(O)c(O)cc1O.I. The Kier molecular flexibility index (Phi) is 5.74. The first kappa shape index (κ1) is 21.0. The molecule has 4 rings (SSSR count). The van der Waals surface area contributed by atoms with Crippen molar-refractivity contribution in [2.75, 3.05) is 13.1 Å². The summed E-state index contributed by atoms with van der Waals surface area (Å²) in [6, 6.07) is 8.82. The third kappa shape index (κ3) is 3.41. The average Bonchev–Trinajstić information content (AvgIpc) is 2.62. The number of rotatable bonds is 3. The summed E-state index contributed by atoms with van der Waals surface area (Å²) in [7, 11) is 0. The Morgan fingerprint density at radius 1 is 1.04 bits per heavy atom. The zero-order chi connectivity index (χ0) is 19.3. The smallest absolute Gasteiger partial charge is 0.161 e. The van der Waals surface area contributed by atoms with Crippen molar-refractivity contribution in [3.05, 3.63) is 47.0 Å². The zero-order valence-corrected chi connectivity index (χ0v) is 18.6. The number of benzene rings is 2. The van der Waals surface area contributed by atoms with Crippen molar-refractivity contribution in [3.63, 3.8) is 0 Å². The van der Waals surface area contributed by atoms with E-state index >= 15 is 0 Å². The van der Waals surface area contributed by atoms with Crippen molar-refractivity contribution in [2.24, 2.45) is 5.92 Å². The van der Waals surface area contributed by atoms with Gasteiger partial charge < -0.3 is 20.4 Å². The number of hydrogen-bond acceptors (Lipinski definition) is 5. The molecule has 1 saturated heterocycles. The molecular weight excluding hydrogens is 469 g/mol. The van der Waals surface area contributed by atoms with E-state index in [1.165, 1.54) is 23.3 Å². The molecule has 0 saturated carbocycles. The molecule has 1 aliphatic carbocycles. The second kappa shape index (κ2) is 7.63. The highest BCUT2D eigenvalue weighted by molar-refractivity contribution is 14.0. The van der Waals surface area contributed by atoms with Crippen LogP contribution in [0.3, 0.4) is 0 Å². The summed E-state index contributed by atoms with van der Waals surface area (Å²) in [4.78, 5) is 2.48. The van der Waals surface area contributed by atoms with E-state index in [2.05, 4.69) is 24.8 Å². The zero-order valence-electron chi connectivity index (χ0n) is 16.2. The van der Waals surface area contributed by atoms with E-state index in [1.807, 2.05) is 6.07 Å². The topological polar surface area (TPSA) is 84.2 Å². The maximum atomic E-state index is 10.1. The Morgan fingerprint density at radius 2 is 1.75 bits per heavy atom. The molecule has 2 aliphatic rings. The summed E-state index contributed by atoms with van der Waals surface area (Å²) in [5.74, 6) is 0.317. The van der Waals surface area contributed by atoms with Crippen LogP contribution < -0.4 is 0 Å². The number of hydrogen-bond donors (Lipinski definition) is 4. The van der Waals surface area contributed by atoms with Crippen molar-refractivity contribution >= 4 is 24.0 Å². The minimum atomic E-state index is -0.300. The number of likely N-dealkylation sites (tertiary alicyclic amines) is 1. The lowest BCUT2D eigenvalue weighted by molar-refractivity contribution is 0.0321. The van der Waals surface area contributed by atoms with Crippen molar-refractivity contribution in [1.29, 1.82) is 0 Å². The van der Waals surface area contributed by atoms with Crippen LogP contribution in [0, 0.1) is 5.92 Å². The van der Waals surface area contributed by atoms with Gasteiger partial charge in [-0.05, 0) is 72.0 Å². The third-order valence-electron chi connectivity index (χ3n) is 6.95. The van der Waals surface area contributed by atoms with Crippen molar-refractivity contribution < 1.29 is 20.4 Å². The summed E-state index contributed by atoms with van der Waals surface area (Å²) in [6.45, 7) is 6.36. The molecule has 152 valence electrons. The van der Waals surface area contributed by atoms with Gasteiger partial charge in [0.25, 0.3) is 0 Å². The van der Waals surface area contributed by atoms with Crippen LogP contribution in [-0.4, -0.2) is 44.5 Å². The molecule has 2 aromatic carbocycles. The molecule has 0 amide bonds. The molecule has 2 bridgehead atoms. The minimum absolute atomic E-state index is 0. The number of aromatic hydroxyl groups is 4. The molecule has 5 nitrogen and oxygen atoms in total. The summed E-state index contributed by atoms with van der Waals surface area (Å²) in [5.41, 5.74) is 3.31. The fraction of sp³-hybridized carbons (Fsp3) is 0.455. The van der Waals surface area contributed by atoms with Crippen LogP contribution in [0.5, 0.6) is 23.0 Å². The molecule has 3 unspecified atom stereocenters. The van der Waals surface area contributed by atoms with Gasteiger partial charge in [0.05, 0.1) is 0 Å². The molecule has 3 atom stereocenters. The van der Waals surface area contributed by atoms with E-state index in [-0.39, 0.29) is 46.6 Å². The van der Waals surface area contributed by atoms with Gasteiger partial charge in [-0.3, -0.25) is 4.90 Å². The predicted octanol–water partition coefficient (Wildman–Crippen LogP) is 3.89. The van der Waals surface area contributed by atoms with Gasteiger partial charge in [0.1, 0.15) is 11.5 Å². The molecule has 2 aromatic rings. The molecule has 0 radical (unpaired) electrons. The van der Waals surface area contributed by atoms with Crippen LogP contribution in [0.4, 0.5) is 0 Å². The fourth-order valence-electron chi connectivity index (χ4n) is 5.05. The van der Waals surface area contributed by atoms with Gasteiger partial charge in [-0.25, -0.2) is 0 Å². The van der Waals surface area contributed by atoms with Crippen LogP contribution in [0.15, 0.2) is 30.3 Å². The number of phenolic OH excluding ortho intramolecular Hbond substituents is 4. The summed E-state index contributed by atoms with van der Waals surface area (Å²) >= 11 is 0. The summed E-state index contributed by atoms with van der Waals surface area (Å²) in [5, 5.41) is 39.2. The molecule has 4 N–H and O–H groups in total. The van der Waals surface area contributed by atoms with E-state index in [0.29, 0.717) is 29.7 Å². The Labute approximate surface area is 182 Å². The molecular formula is C22H28INO4. The Hall–Kier alpha value is -1.67. The normalized spacial score (nSPS) is 26.4. The highest BCUT2D eigenvalue weighted by atomic mass is 127. The molecule has 1 fully saturated rings. The van der Waals surface area contributed by atoms with Gasteiger partial charge >= 0.3 is 0 Å². The van der Waals surface area contributed by atoms with Crippen molar-refractivity contribution in [3.8, 4) is 23.0 Å². The van der Waals surface area contributed by atoms with Gasteiger partial charge in [0.15, 0.2) is 11.5 Å². The van der Waals surface area contributed by atoms with Crippen LogP contribution in [0.2, 0.25) is 0 Å². The van der Waals surface area contributed by atoms with Crippen LogP contribution >= 0.6 is 24.0 Å². The second-order valence-electron chi connectivity index (χ2n) is 8.32. The third-order valence-corrected chi connectivity index (χ3v) is 6.95. The Bertz CT molecular complexity index is 887. The lowest BCUT2D eigenvalue weighted by Crippen LogP contribution is -2.58. The first-order chi connectivity index (χ1) is 12.8. The van der Waals surface area contributed by atoms with Gasteiger partial charge in [-0.2, -0.15) is 0 Å². The lowest BCUT2D eigenvalue weighted by Gasteiger charge is -2.54. The number of fused-ring (bicyclic) bond motifs is 4. The van der Waals surface area contributed by atoms with E-state index < -0.39 is 0 Å². The second-order valence-corrected chi connectivity index (χ2v) is 8.32. The quantitative estimate of drug-likeness (QED) is 0.294. The average molecular weight is 497 g/mol. The van der Waals surface area contributed by atoms with E-state index in [4.69, 9.17) is 0 Å². The Balaban J connectivity index is 0.00000225. The number of nitrogens with zero attached hydrogens (tertiary/aromatic N) is 1. The lowest BCUT2D eigenvalue weighted by atomic mass is 9.59. The molecule has 0 aromatic heterocycles. The molecule has 6 heteroatoms. The Morgan fingerprint density at radius 3 is 2.50 bits per heavy atom. The van der Waals surface area contributed by atoms with E-state index in [0.717, 1.165) is 25.9 Å². The van der Waals surface area contributed by atoms with Gasteiger partial charge in [0, 0.05) is 18.7 Å². The highest BCUT2D eigenvalue weighted by Gasteiger charge is 2.48. The standard InChI is InChI=1S/C22H27NO4.HI/c1-13-18-9-14-3-4-16(24)11-17(14)22(13,2)6-8-23(18)7-5-15-10-20(26)21(27)12-19(15)25;/h3-4,10-13,18,24-27H,5-9H2,1-2H3;1H. The van der Waals surface area contributed by atoms with Crippen LogP contribution in [-0.2, 0) is 18.3 Å². The van der Waals surface area contributed by atoms with Crippen LogP contribution in [0.1, 0.15) is 37.0 Å². The minimum Gasteiger partial charge on any atom is -0.508 e. The first-order valence-electron chi connectivity index (χ1n) is 9.60. The van der Waals surface area contributed by atoms with E-state index in [1.54, 1.807) is 6.07 Å². The fourth-order valence-corrected chi connectivity index (χ4v) is 5.05. The van der Waals surface area contributed by atoms with E-state index in [9.17, 15) is 20.4 Å². The first-order valence-corrected chi connectivity index (χ1v) is 9.60. The van der Waals surface area contributed by atoms with Gasteiger partial charge in [-0.1, -0.05) is 19.9 Å². The summed E-state index contributed by atoms with van der Waals surface area (Å²) in [6.07, 6.45) is 2.59. The maximum absolute atomic E-state index is 10.1. The molecule has 28 heavy (non-hydrogen) atoms. The van der Waals surface area contributed by atoms with Crippen molar-refractivity contribution in [1.82, 2.24) is 4.90 Å². The molecule has 1 heterocycles.